The third-order valence-electron chi connectivity index (χ3n) is 4.88. The van der Waals surface area contributed by atoms with E-state index in [0.717, 1.165) is 12.8 Å². The van der Waals surface area contributed by atoms with Gasteiger partial charge in [0.25, 0.3) is 10.1 Å². The maximum atomic E-state index is 11.3. The summed E-state index contributed by atoms with van der Waals surface area (Å²) in [7, 11) is -4.23. The maximum Gasteiger partial charge on any atom is 0.298 e. The number of benzene rings is 1. The molecule has 0 aliphatic rings. The summed E-state index contributed by atoms with van der Waals surface area (Å²) in [5, 5.41) is 0. The van der Waals surface area contributed by atoms with E-state index in [1.165, 1.54) is 83.1 Å². The average molecular weight is 399 g/mol. The first-order valence-corrected chi connectivity index (χ1v) is 12.2. The predicted molar refractivity (Wildman–Crippen MR) is 112 cm³/mol. The molecule has 1 rings (SSSR count). The summed E-state index contributed by atoms with van der Waals surface area (Å²) >= 11 is 0. The molecule has 0 aromatic heterocycles. The highest BCUT2D eigenvalue weighted by molar-refractivity contribution is 7.86. The van der Waals surface area contributed by atoms with E-state index < -0.39 is 10.1 Å². The molecule has 0 spiro atoms. The van der Waals surface area contributed by atoms with Crippen LogP contribution in [0.2, 0.25) is 0 Å². The standard InChI is InChI=1S/C22H38O4S/c1-2-3-4-5-6-7-8-9-10-11-12-13-14-17-20-26-21-18-15-16-19-22(21)27(23,24)25/h15-16,18-19H,2-14,17,20H2,1H3,(H,23,24,25). The first-order chi connectivity index (χ1) is 13.1. The topological polar surface area (TPSA) is 63.6 Å². The first-order valence-electron chi connectivity index (χ1n) is 10.7. The third kappa shape index (κ3) is 12.1. The fourth-order valence-electron chi connectivity index (χ4n) is 3.26. The van der Waals surface area contributed by atoms with E-state index in [1.54, 1.807) is 18.2 Å². The lowest BCUT2D eigenvalue weighted by Crippen LogP contribution is -2.04. The molecule has 0 radical (unpaired) electrons. The summed E-state index contributed by atoms with van der Waals surface area (Å²) in [5.74, 6) is 0.231. The zero-order chi connectivity index (χ0) is 19.8. The minimum absolute atomic E-state index is 0.157. The summed E-state index contributed by atoms with van der Waals surface area (Å²) in [6.45, 7) is 2.74. The van der Waals surface area contributed by atoms with Crippen molar-refractivity contribution in [2.45, 2.75) is 102 Å². The van der Waals surface area contributed by atoms with Crippen LogP contribution in [0, 0.1) is 0 Å². The van der Waals surface area contributed by atoms with E-state index in [4.69, 9.17) is 4.74 Å². The second-order valence-electron chi connectivity index (χ2n) is 7.37. The predicted octanol–water partition coefficient (Wildman–Crippen LogP) is 6.79. The molecule has 4 nitrogen and oxygen atoms in total. The molecular weight excluding hydrogens is 360 g/mol. The molecule has 0 aliphatic heterocycles. The largest absolute Gasteiger partial charge is 0.492 e. The molecule has 0 aliphatic carbocycles. The Morgan fingerprint density at radius 2 is 1.19 bits per heavy atom. The van der Waals surface area contributed by atoms with Crippen LogP contribution in [-0.4, -0.2) is 19.6 Å². The van der Waals surface area contributed by atoms with Gasteiger partial charge < -0.3 is 4.74 Å². The second-order valence-corrected chi connectivity index (χ2v) is 8.76. The van der Waals surface area contributed by atoms with E-state index in [2.05, 4.69) is 6.92 Å². The SMILES string of the molecule is CCCCCCCCCCCCCCCCOc1ccccc1S(=O)(=O)O. The van der Waals surface area contributed by atoms with Gasteiger partial charge in [-0.05, 0) is 18.6 Å². The van der Waals surface area contributed by atoms with Gasteiger partial charge in [0.2, 0.25) is 0 Å². The fraction of sp³-hybridized carbons (Fsp3) is 0.727. The highest BCUT2D eigenvalue weighted by Crippen LogP contribution is 2.23. The van der Waals surface area contributed by atoms with Gasteiger partial charge in [-0.3, -0.25) is 4.55 Å². The van der Waals surface area contributed by atoms with Gasteiger partial charge in [-0.25, -0.2) is 0 Å². The van der Waals surface area contributed by atoms with Gasteiger partial charge in [0.15, 0.2) is 0 Å². The minimum atomic E-state index is -4.23. The number of para-hydroxylation sites is 1. The summed E-state index contributed by atoms with van der Waals surface area (Å²) in [4.78, 5) is -0.157. The Bertz CT molecular complexity index is 584. The van der Waals surface area contributed by atoms with Crippen molar-refractivity contribution in [3.63, 3.8) is 0 Å². The molecule has 0 amide bonds. The lowest BCUT2D eigenvalue weighted by atomic mass is 10.0. The van der Waals surface area contributed by atoms with Crippen LogP contribution in [-0.2, 0) is 10.1 Å². The molecular formula is C22H38O4S. The van der Waals surface area contributed by atoms with E-state index in [-0.39, 0.29) is 10.6 Å². The molecule has 0 saturated carbocycles. The Morgan fingerprint density at radius 1 is 0.741 bits per heavy atom. The highest BCUT2D eigenvalue weighted by atomic mass is 32.2. The van der Waals surface area contributed by atoms with Crippen molar-refractivity contribution in [3.05, 3.63) is 24.3 Å². The van der Waals surface area contributed by atoms with E-state index >= 15 is 0 Å². The summed E-state index contributed by atoms with van der Waals surface area (Å²) < 4.78 is 37.3. The third-order valence-corrected chi connectivity index (χ3v) is 5.78. The molecule has 0 atom stereocenters. The van der Waals surface area contributed by atoms with Gasteiger partial charge in [0, 0.05) is 0 Å². The van der Waals surface area contributed by atoms with Crippen LogP contribution in [0.5, 0.6) is 5.75 Å². The quantitative estimate of drug-likeness (QED) is 0.232. The number of rotatable bonds is 17. The molecule has 156 valence electrons. The summed E-state index contributed by atoms with van der Waals surface area (Å²) in [6, 6.07) is 6.21. The molecule has 5 heteroatoms. The van der Waals surface area contributed by atoms with Crippen LogP contribution in [0.15, 0.2) is 29.2 Å². The number of hydrogen-bond donors (Lipinski definition) is 1. The van der Waals surface area contributed by atoms with Crippen molar-refractivity contribution >= 4 is 10.1 Å². The Labute approximate surface area is 166 Å². The summed E-state index contributed by atoms with van der Waals surface area (Å²) in [5.41, 5.74) is 0. The number of ether oxygens (including phenoxy) is 1. The molecule has 0 fully saturated rings. The van der Waals surface area contributed by atoms with Gasteiger partial charge in [-0.15, -0.1) is 0 Å². The first kappa shape index (κ1) is 24.0. The van der Waals surface area contributed by atoms with E-state index in [9.17, 15) is 13.0 Å². The van der Waals surface area contributed by atoms with E-state index in [1.807, 2.05) is 0 Å². The van der Waals surface area contributed by atoms with Crippen molar-refractivity contribution in [3.8, 4) is 5.75 Å². The van der Waals surface area contributed by atoms with Crippen LogP contribution >= 0.6 is 0 Å². The summed E-state index contributed by atoms with van der Waals surface area (Å²) in [6.07, 6.45) is 18.2. The lowest BCUT2D eigenvalue weighted by molar-refractivity contribution is 0.295. The molecule has 1 aromatic rings. The second kappa shape index (κ2) is 14.9. The normalized spacial score (nSPS) is 11.6. The molecule has 0 heterocycles. The minimum Gasteiger partial charge on any atom is -0.492 e. The Kier molecular flexibility index (Phi) is 13.2. The smallest absolute Gasteiger partial charge is 0.298 e. The lowest BCUT2D eigenvalue weighted by Gasteiger charge is -2.09. The molecule has 1 N–H and O–H groups in total. The highest BCUT2D eigenvalue weighted by Gasteiger charge is 2.15. The molecule has 0 bridgehead atoms. The van der Waals surface area contributed by atoms with Crippen molar-refractivity contribution in [1.29, 1.82) is 0 Å². The van der Waals surface area contributed by atoms with Crippen molar-refractivity contribution in [2.24, 2.45) is 0 Å². The van der Waals surface area contributed by atoms with E-state index in [0.29, 0.717) is 6.61 Å². The molecule has 27 heavy (non-hydrogen) atoms. The maximum absolute atomic E-state index is 11.3. The van der Waals surface area contributed by atoms with Crippen molar-refractivity contribution in [2.75, 3.05) is 6.61 Å². The zero-order valence-electron chi connectivity index (χ0n) is 17.0. The number of hydrogen-bond acceptors (Lipinski definition) is 3. The van der Waals surface area contributed by atoms with Crippen LogP contribution in [0.1, 0.15) is 96.8 Å². The van der Waals surface area contributed by atoms with Gasteiger partial charge in [0.1, 0.15) is 10.6 Å². The average Bonchev–Trinajstić information content (AvgIpc) is 2.64. The molecule has 0 saturated heterocycles. The monoisotopic (exact) mass is 398 g/mol. The Balaban J connectivity index is 1.94. The Morgan fingerprint density at radius 3 is 1.67 bits per heavy atom. The molecule has 1 aromatic carbocycles. The van der Waals surface area contributed by atoms with Crippen LogP contribution in [0.25, 0.3) is 0 Å². The van der Waals surface area contributed by atoms with Crippen LogP contribution in [0.3, 0.4) is 0 Å². The van der Waals surface area contributed by atoms with Crippen molar-refractivity contribution in [1.82, 2.24) is 0 Å². The molecule has 0 unspecified atom stereocenters. The van der Waals surface area contributed by atoms with Gasteiger partial charge in [-0.1, -0.05) is 103 Å². The fourth-order valence-corrected chi connectivity index (χ4v) is 3.89. The number of unbranched alkanes of at least 4 members (excludes halogenated alkanes) is 13. The zero-order valence-corrected chi connectivity index (χ0v) is 17.8. The van der Waals surface area contributed by atoms with Gasteiger partial charge in [0.05, 0.1) is 6.61 Å². The van der Waals surface area contributed by atoms with Crippen molar-refractivity contribution < 1.29 is 17.7 Å². The van der Waals surface area contributed by atoms with Gasteiger partial charge in [-0.2, -0.15) is 8.42 Å². The Hall–Kier alpha value is -1.07. The van der Waals surface area contributed by atoms with Crippen LogP contribution < -0.4 is 4.74 Å². The van der Waals surface area contributed by atoms with Crippen LogP contribution in [0.4, 0.5) is 0 Å². The van der Waals surface area contributed by atoms with Gasteiger partial charge >= 0.3 is 0 Å².